The summed E-state index contributed by atoms with van der Waals surface area (Å²) < 4.78 is 0. The van der Waals surface area contributed by atoms with Gasteiger partial charge in [-0.3, -0.25) is 4.79 Å². The number of hydrogen-bond acceptors (Lipinski definition) is 6. The zero-order chi connectivity index (χ0) is 17.8. The predicted octanol–water partition coefficient (Wildman–Crippen LogP) is 0.669. The van der Waals surface area contributed by atoms with Crippen molar-refractivity contribution in [3.05, 3.63) is 12.2 Å². The van der Waals surface area contributed by atoms with Gasteiger partial charge in [0.15, 0.2) is 0 Å². The van der Waals surface area contributed by atoms with E-state index < -0.39 is 18.2 Å². The van der Waals surface area contributed by atoms with E-state index in [1.165, 1.54) is 0 Å². The van der Waals surface area contributed by atoms with Gasteiger partial charge in [-0.05, 0) is 44.9 Å². The number of unbranched alkanes of at least 4 members (excludes halogenated alkanes) is 3. The summed E-state index contributed by atoms with van der Waals surface area (Å²) in [6, 6.07) is -0.623. The number of rotatable bonds is 13. The molecule has 0 aromatic carbocycles. The summed E-state index contributed by atoms with van der Waals surface area (Å²) in [4.78, 5) is 11.5. The maximum atomic E-state index is 11.5. The van der Waals surface area contributed by atoms with Crippen LogP contribution >= 0.6 is 0 Å². The molecule has 0 saturated carbocycles. The maximum Gasteiger partial charge on any atom is 0.132 e. The van der Waals surface area contributed by atoms with Crippen LogP contribution in [-0.4, -0.2) is 63.7 Å². The minimum atomic E-state index is -0.904. The number of hydrogen-bond donors (Lipinski definition) is 5. The molecular formula is C18H33NO5. The van der Waals surface area contributed by atoms with Crippen LogP contribution in [0.1, 0.15) is 57.8 Å². The van der Waals surface area contributed by atoms with Crippen LogP contribution in [-0.2, 0) is 4.79 Å². The third kappa shape index (κ3) is 7.85. The van der Waals surface area contributed by atoms with Crippen molar-refractivity contribution in [3.8, 4) is 0 Å². The standard InChI is InChI=1S/C18H33NO5/c20-12-8-7-10-14(22)9-5-3-1-2-4-6-11-15-17(23)18(24)16(13-21)19-15/h2,4,15-21,23-24H,1,3,5-13H2/t15-,16-,17-,18+/m1/s1. The summed E-state index contributed by atoms with van der Waals surface area (Å²) in [5.74, 6) is 0.283. The Hall–Kier alpha value is -0.790. The largest absolute Gasteiger partial charge is 0.396 e. The molecule has 0 radical (unpaired) electrons. The van der Waals surface area contributed by atoms with Crippen molar-refractivity contribution in [2.75, 3.05) is 13.2 Å². The Bertz CT molecular complexity index is 374. The highest BCUT2D eigenvalue weighted by molar-refractivity contribution is 5.78. The number of carbonyl (C=O) groups is 1. The van der Waals surface area contributed by atoms with Gasteiger partial charge < -0.3 is 25.7 Å². The van der Waals surface area contributed by atoms with Gasteiger partial charge in [-0.2, -0.15) is 0 Å². The van der Waals surface area contributed by atoms with E-state index in [1.807, 2.05) is 0 Å². The lowest BCUT2D eigenvalue weighted by Crippen LogP contribution is -2.36. The first-order chi connectivity index (χ1) is 11.6. The molecule has 6 heteroatoms. The van der Waals surface area contributed by atoms with E-state index in [2.05, 4.69) is 17.5 Å². The van der Waals surface area contributed by atoms with Crippen molar-refractivity contribution in [2.24, 2.45) is 0 Å². The number of nitrogens with one attached hydrogen (secondary N) is 1. The molecule has 1 aliphatic heterocycles. The third-order valence-corrected chi connectivity index (χ3v) is 4.55. The summed E-state index contributed by atoms with van der Waals surface area (Å²) in [5.41, 5.74) is 0. The molecule has 1 rings (SSSR count). The molecular weight excluding hydrogens is 310 g/mol. The van der Waals surface area contributed by atoms with Gasteiger partial charge in [0.05, 0.1) is 24.9 Å². The summed E-state index contributed by atoms with van der Waals surface area (Å²) in [5, 5.41) is 40.4. The molecule has 140 valence electrons. The van der Waals surface area contributed by atoms with E-state index in [9.17, 15) is 15.0 Å². The molecule has 0 bridgehead atoms. The summed E-state index contributed by atoms with van der Waals surface area (Å²) in [7, 11) is 0. The van der Waals surface area contributed by atoms with Gasteiger partial charge in [-0.1, -0.05) is 12.2 Å². The Balaban J connectivity index is 2.01. The first-order valence-corrected chi connectivity index (χ1v) is 9.10. The number of Topliss-reactive ketones (excluding diaryl/α,β-unsaturated/α-hetero) is 1. The second-order valence-corrected chi connectivity index (χ2v) is 6.56. The van der Waals surface area contributed by atoms with Crippen molar-refractivity contribution < 1.29 is 25.2 Å². The number of aliphatic hydroxyl groups excluding tert-OH is 4. The zero-order valence-electron chi connectivity index (χ0n) is 14.4. The van der Waals surface area contributed by atoms with Crippen molar-refractivity contribution in [3.63, 3.8) is 0 Å². The molecule has 5 N–H and O–H groups in total. The number of aliphatic hydroxyl groups is 4. The Labute approximate surface area is 144 Å². The molecule has 4 atom stereocenters. The first-order valence-electron chi connectivity index (χ1n) is 9.10. The smallest absolute Gasteiger partial charge is 0.132 e. The molecule has 6 nitrogen and oxygen atoms in total. The average molecular weight is 343 g/mol. The topological polar surface area (TPSA) is 110 Å². The fourth-order valence-electron chi connectivity index (χ4n) is 3.02. The fourth-order valence-corrected chi connectivity index (χ4v) is 3.02. The van der Waals surface area contributed by atoms with Crippen molar-refractivity contribution in [1.82, 2.24) is 5.32 Å². The van der Waals surface area contributed by atoms with Gasteiger partial charge in [-0.15, -0.1) is 0 Å². The molecule has 1 heterocycles. The van der Waals surface area contributed by atoms with Crippen molar-refractivity contribution in [1.29, 1.82) is 0 Å². The molecule has 24 heavy (non-hydrogen) atoms. The molecule has 0 aromatic heterocycles. The second kappa shape index (κ2) is 12.6. The number of allylic oxidation sites excluding steroid dienone is 2. The highest BCUT2D eigenvalue weighted by Gasteiger charge is 2.39. The minimum absolute atomic E-state index is 0.158. The number of carbonyl (C=O) groups excluding carboxylic acids is 1. The third-order valence-electron chi connectivity index (χ3n) is 4.55. The molecule has 0 aliphatic carbocycles. The summed E-state index contributed by atoms with van der Waals surface area (Å²) in [6.45, 7) is -0.0195. The van der Waals surface area contributed by atoms with Crippen molar-refractivity contribution >= 4 is 5.78 Å². The molecule has 1 saturated heterocycles. The summed E-state index contributed by atoms with van der Waals surface area (Å²) in [6.07, 6.45) is 9.45. The van der Waals surface area contributed by atoms with E-state index in [4.69, 9.17) is 10.2 Å². The van der Waals surface area contributed by atoms with E-state index in [1.54, 1.807) is 0 Å². The highest BCUT2D eigenvalue weighted by atomic mass is 16.3. The molecule has 0 spiro atoms. The monoisotopic (exact) mass is 343 g/mol. The van der Waals surface area contributed by atoms with Crippen LogP contribution in [0.25, 0.3) is 0 Å². The molecule has 1 fully saturated rings. The summed E-state index contributed by atoms with van der Waals surface area (Å²) >= 11 is 0. The van der Waals surface area contributed by atoms with Crippen LogP contribution in [0.3, 0.4) is 0 Å². The molecule has 0 aromatic rings. The van der Waals surface area contributed by atoms with Gasteiger partial charge >= 0.3 is 0 Å². The first kappa shape index (κ1) is 21.3. The van der Waals surface area contributed by atoms with E-state index in [0.717, 1.165) is 32.1 Å². The van der Waals surface area contributed by atoms with Gasteiger partial charge in [-0.25, -0.2) is 0 Å². The minimum Gasteiger partial charge on any atom is -0.396 e. The fraction of sp³-hybridized carbons (Fsp3) is 0.833. The zero-order valence-corrected chi connectivity index (χ0v) is 14.4. The van der Waals surface area contributed by atoms with Crippen LogP contribution in [0.15, 0.2) is 12.2 Å². The number of ketones is 1. The van der Waals surface area contributed by atoms with Gasteiger partial charge in [0.1, 0.15) is 5.78 Å². The lowest BCUT2D eigenvalue weighted by atomic mass is 10.0. The Kier molecular flexibility index (Phi) is 11.1. The Morgan fingerprint density at radius 3 is 2.12 bits per heavy atom. The van der Waals surface area contributed by atoms with E-state index in [0.29, 0.717) is 25.7 Å². The van der Waals surface area contributed by atoms with Crippen LogP contribution < -0.4 is 5.32 Å². The Morgan fingerprint density at radius 1 is 0.875 bits per heavy atom. The predicted molar refractivity (Wildman–Crippen MR) is 92.6 cm³/mol. The maximum absolute atomic E-state index is 11.5. The van der Waals surface area contributed by atoms with E-state index in [-0.39, 0.29) is 25.0 Å². The SMILES string of the molecule is O=C(CCCCO)CCCCC=CCC[C@H]1N[C@H](CO)[C@H](O)[C@@H]1O. The van der Waals surface area contributed by atoms with Crippen LogP contribution in [0.5, 0.6) is 0 Å². The molecule has 1 aliphatic rings. The van der Waals surface area contributed by atoms with Crippen molar-refractivity contribution in [2.45, 2.75) is 82.1 Å². The Morgan fingerprint density at radius 2 is 1.50 bits per heavy atom. The lowest BCUT2D eigenvalue weighted by Gasteiger charge is -2.14. The van der Waals surface area contributed by atoms with Gasteiger partial charge in [0, 0.05) is 25.5 Å². The normalized spacial score (nSPS) is 27.2. The lowest BCUT2D eigenvalue weighted by molar-refractivity contribution is -0.119. The average Bonchev–Trinajstić information content (AvgIpc) is 2.85. The molecule has 0 unspecified atom stereocenters. The van der Waals surface area contributed by atoms with E-state index >= 15 is 0 Å². The van der Waals surface area contributed by atoms with Gasteiger partial charge in [0.25, 0.3) is 0 Å². The molecule has 0 amide bonds. The van der Waals surface area contributed by atoms with Crippen LogP contribution in [0.4, 0.5) is 0 Å². The van der Waals surface area contributed by atoms with Gasteiger partial charge in [0.2, 0.25) is 0 Å². The van der Waals surface area contributed by atoms with Crippen LogP contribution in [0, 0.1) is 0 Å². The highest BCUT2D eigenvalue weighted by Crippen LogP contribution is 2.18. The van der Waals surface area contributed by atoms with Crippen LogP contribution in [0.2, 0.25) is 0 Å². The quantitative estimate of drug-likeness (QED) is 0.248. The second-order valence-electron chi connectivity index (χ2n) is 6.56.